The molecule has 0 aliphatic carbocycles. The first-order valence-electron chi connectivity index (χ1n) is 12.9. The van der Waals surface area contributed by atoms with E-state index in [4.69, 9.17) is 4.74 Å². The minimum Gasteiger partial charge on any atom is -0.444 e. The third-order valence-corrected chi connectivity index (χ3v) is 7.70. The number of nitrogens with one attached hydrogen (secondary N) is 1. The number of rotatable bonds is 3. The number of carbonyl (C=O) groups is 2. The number of likely N-dealkylation sites (tertiary alicyclic amines) is 2. The summed E-state index contributed by atoms with van der Waals surface area (Å²) < 4.78 is 20.8. The van der Waals surface area contributed by atoms with Gasteiger partial charge in [-0.15, -0.1) is 0 Å². The minimum absolute atomic E-state index is 0.0626. The average molecular weight is 489 g/mol. The largest absolute Gasteiger partial charge is 0.444 e. The number of anilines is 1. The molecule has 0 bridgehead atoms. The van der Waals surface area contributed by atoms with Crippen molar-refractivity contribution in [1.82, 2.24) is 15.1 Å². The molecule has 0 radical (unpaired) electrons. The van der Waals surface area contributed by atoms with Crippen molar-refractivity contribution in [2.24, 2.45) is 5.41 Å². The second kappa shape index (κ2) is 9.69. The van der Waals surface area contributed by atoms with Crippen LogP contribution in [0.4, 0.5) is 14.9 Å². The van der Waals surface area contributed by atoms with Gasteiger partial charge in [0, 0.05) is 37.4 Å². The molecule has 1 aromatic carbocycles. The van der Waals surface area contributed by atoms with E-state index < -0.39 is 11.1 Å². The first kappa shape index (κ1) is 25.9. The number of benzene rings is 1. The molecule has 3 saturated heterocycles. The van der Waals surface area contributed by atoms with Crippen LogP contribution in [0.5, 0.6) is 0 Å². The van der Waals surface area contributed by atoms with Gasteiger partial charge in [-0.05, 0) is 77.1 Å². The molecule has 0 unspecified atom stereocenters. The Morgan fingerprint density at radius 3 is 2.34 bits per heavy atom. The maximum Gasteiger partial charge on any atom is 0.410 e. The highest BCUT2D eigenvalue weighted by molar-refractivity contribution is 5.97. The van der Waals surface area contributed by atoms with Crippen LogP contribution in [0.3, 0.4) is 0 Å². The predicted octanol–water partition coefficient (Wildman–Crippen LogP) is 4.15. The number of ether oxygens (including phenoxy) is 1. The van der Waals surface area contributed by atoms with E-state index in [0.29, 0.717) is 55.7 Å². The summed E-state index contributed by atoms with van der Waals surface area (Å²) in [7, 11) is 0. The Bertz CT molecular complexity index is 940. The second-order valence-electron chi connectivity index (χ2n) is 12.2. The van der Waals surface area contributed by atoms with Gasteiger partial charge in [-0.2, -0.15) is 0 Å². The zero-order valence-electron chi connectivity index (χ0n) is 22.0. The summed E-state index contributed by atoms with van der Waals surface area (Å²) in [5.41, 5.74) is 0.590. The van der Waals surface area contributed by atoms with E-state index in [2.05, 4.69) is 24.1 Å². The topological polar surface area (TPSA) is 65.1 Å². The zero-order valence-corrected chi connectivity index (χ0v) is 22.0. The van der Waals surface area contributed by atoms with Crippen molar-refractivity contribution in [3.63, 3.8) is 0 Å². The number of nitrogens with zero attached hydrogens (tertiary/aromatic N) is 3. The fourth-order valence-electron chi connectivity index (χ4n) is 5.44. The minimum atomic E-state index is -0.551. The van der Waals surface area contributed by atoms with Crippen molar-refractivity contribution >= 4 is 17.7 Å². The van der Waals surface area contributed by atoms with E-state index in [-0.39, 0.29) is 24.4 Å². The summed E-state index contributed by atoms with van der Waals surface area (Å²) >= 11 is 0. The van der Waals surface area contributed by atoms with Gasteiger partial charge in [-0.25, -0.2) is 9.18 Å². The number of hydrogen-bond acceptors (Lipinski definition) is 5. The molecule has 8 heteroatoms. The molecule has 0 saturated carbocycles. The van der Waals surface area contributed by atoms with Crippen molar-refractivity contribution < 1.29 is 18.7 Å². The van der Waals surface area contributed by atoms with E-state index in [9.17, 15) is 9.59 Å². The summed E-state index contributed by atoms with van der Waals surface area (Å²) in [6.07, 6.45) is 3.12. The summed E-state index contributed by atoms with van der Waals surface area (Å²) in [5, 5.41) is 3.24. The molecule has 7 nitrogen and oxygen atoms in total. The lowest BCUT2D eigenvalue weighted by Crippen LogP contribution is -2.67. The van der Waals surface area contributed by atoms with E-state index >= 15 is 4.39 Å². The molecule has 3 aliphatic rings. The normalized spacial score (nSPS) is 23.0. The van der Waals surface area contributed by atoms with E-state index in [0.717, 1.165) is 25.9 Å². The summed E-state index contributed by atoms with van der Waals surface area (Å²) in [4.78, 5) is 31.4. The highest BCUT2D eigenvalue weighted by atomic mass is 19.1. The summed E-state index contributed by atoms with van der Waals surface area (Å²) in [6.45, 7) is 14.5. The average Bonchev–Trinajstić information content (AvgIpc) is 2.76. The maximum atomic E-state index is 15.3. The van der Waals surface area contributed by atoms with E-state index in [1.807, 2.05) is 32.9 Å². The highest BCUT2D eigenvalue weighted by Crippen LogP contribution is 2.36. The molecule has 0 aromatic heterocycles. The van der Waals surface area contributed by atoms with Crippen LogP contribution in [-0.2, 0) is 16.1 Å². The van der Waals surface area contributed by atoms with Crippen molar-refractivity contribution in [2.75, 3.05) is 44.2 Å². The molecule has 4 rings (SSSR count). The molecule has 0 atom stereocenters. The van der Waals surface area contributed by atoms with Gasteiger partial charge in [0.2, 0.25) is 5.91 Å². The molecule has 3 fully saturated rings. The quantitative estimate of drug-likeness (QED) is 0.692. The van der Waals surface area contributed by atoms with Crippen LogP contribution in [0, 0.1) is 11.2 Å². The molecule has 3 aliphatic heterocycles. The summed E-state index contributed by atoms with van der Waals surface area (Å²) in [6, 6.07) is 5.25. The zero-order chi connectivity index (χ0) is 25.4. The molecule has 35 heavy (non-hydrogen) atoms. The third kappa shape index (κ3) is 5.97. The van der Waals surface area contributed by atoms with Gasteiger partial charge >= 0.3 is 6.09 Å². The van der Waals surface area contributed by atoms with Crippen LogP contribution in [-0.4, -0.2) is 72.2 Å². The van der Waals surface area contributed by atoms with E-state index in [1.54, 1.807) is 9.80 Å². The smallest absolute Gasteiger partial charge is 0.410 e. The molecule has 2 amide bonds. The van der Waals surface area contributed by atoms with Gasteiger partial charge in [0.25, 0.3) is 0 Å². The molecule has 1 N–H and O–H groups in total. The SMILES string of the molecule is CC1(C)CCN(Cc2ccc(N3C(=O)CNCC34CCN(C(=O)OC(C)(C)C)CC4)cc2F)CC1. The lowest BCUT2D eigenvalue weighted by molar-refractivity contribution is -0.120. The van der Waals surface area contributed by atoms with Crippen molar-refractivity contribution in [3.8, 4) is 0 Å². The Morgan fingerprint density at radius 1 is 1.09 bits per heavy atom. The third-order valence-electron chi connectivity index (χ3n) is 7.70. The molecule has 3 heterocycles. The maximum absolute atomic E-state index is 15.3. The molecular formula is C27H41FN4O3. The van der Waals surface area contributed by atoms with Gasteiger partial charge in [0.05, 0.1) is 12.1 Å². The number of halogens is 1. The Labute approximate surface area is 209 Å². The van der Waals surface area contributed by atoms with Crippen molar-refractivity contribution in [3.05, 3.63) is 29.6 Å². The van der Waals surface area contributed by atoms with E-state index in [1.165, 1.54) is 6.07 Å². The van der Waals surface area contributed by atoms with Gasteiger partial charge in [-0.3, -0.25) is 9.69 Å². The molecule has 1 spiro atoms. The van der Waals surface area contributed by atoms with Crippen LogP contribution in [0.1, 0.15) is 65.9 Å². The Hall–Kier alpha value is -2.19. The highest BCUT2D eigenvalue weighted by Gasteiger charge is 2.46. The fourth-order valence-corrected chi connectivity index (χ4v) is 5.44. The number of hydrogen-bond donors (Lipinski definition) is 1. The van der Waals surface area contributed by atoms with Gasteiger partial charge in [0.15, 0.2) is 0 Å². The number of amides is 2. The van der Waals surface area contributed by atoms with Crippen molar-refractivity contribution in [2.45, 2.75) is 78.0 Å². The number of piperidine rings is 2. The number of piperazine rings is 1. The molecular weight excluding hydrogens is 447 g/mol. The fraction of sp³-hybridized carbons (Fsp3) is 0.704. The monoisotopic (exact) mass is 488 g/mol. The molecule has 1 aromatic rings. The predicted molar refractivity (Wildman–Crippen MR) is 135 cm³/mol. The van der Waals surface area contributed by atoms with Gasteiger partial charge < -0.3 is 19.9 Å². The van der Waals surface area contributed by atoms with Crippen LogP contribution >= 0.6 is 0 Å². The Balaban J connectivity index is 1.47. The lowest BCUT2D eigenvalue weighted by atomic mass is 9.82. The Kier molecular flexibility index (Phi) is 7.17. The Morgan fingerprint density at radius 2 is 1.74 bits per heavy atom. The van der Waals surface area contributed by atoms with Crippen molar-refractivity contribution in [1.29, 1.82) is 0 Å². The van der Waals surface area contributed by atoms with Crippen LogP contribution in [0.2, 0.25) is 0 Å². The van der Waals surface area contributed by atoms with Gasteiger partial charge in [0.1, 0.15) is 11.4 Å². The standard InChI is InChI=1S/C27H41FN4O3/c1-25(2,3)35-24(34)31-14-10-27(11-15-31)19-29-17-23(33)32(27)21-7-6-20(22(28)16-21)18-30-12-8-26(4,5)9-13-30/h6-7,16,29H,8-15,17-19H2,1-5H3. The first-order valence-corrected chi connectivity index (χ1v) is 12.9. The second-order valence-corrected chi connectivity index (χ2v) is 12.2. The van der Waals surface area contributed by atoms with Crippen LogP contribution < -0.4 is 10.2 Å². The van der Waals surface area contributed by atoms with Crippen LogP contribution in [0.25, 0.3) is 0 Å². The van der Waals surface area contributed by atoms with Crippen LogP contribution in [0.15, 0.2) is 18.2 Å². The lowest BCUT2D eigenvalue weighted by Gasteiger charge is -2.51. The van der Waals surface area contributed by atoms with Gasteiger partial charge in [-0.1, -0.05) is 19.9 Å². The number of carbonyl (C=O) groups excluding carboxylic acids is 2. The summed E-state index contributed by atoms with van der Waals surface area (Å²) in [5.74, 6) is -0.326. The molecule has 194 valence electrons. The first-order chi connectivity index (χ1) is 16.4.